The number of nitrogens with one attached hydrogen (secondary N) is 1. The Kier molecular flexibility index (Phi) is 6.70. The molecule has 0 radical (unpaired) electrons. The number of likely N-dealkylation sites (N-methyl/N-ethyl adjacent to an activating group) is 1. The van der Waals surface area contributed by atoms with Crippen molar-refractivity contribution in [2.24, 2.45) is 7.05 Å². The molecule has 1 N–H and O–H groups in total. The van der Waals surface area contributed by atoms with E-state index in [0.29, 0.717) is 67.4 Å². The third kappa shape index (κ3) is 4.19. The van der Waals surface area contributed by atoms with Gasteiger partial charge in [0, 0.05) is 45.3 Å². The van der Waals surface area contributed by atoms with Gasteiger partial charge in [0.2, 0.25) is 10.0 Å². The van der Waals surface area contributed by atoms with E-state index >= 15 is 0 Å². The van der Waals surface area contributed by atoms with Crippen LogP contribution in [0.2, 0.25) is 0 Å². The Hall–Kier alpha value is -2.89. The normalized spacial score (nSPS) is 15.8. The second-order valence-corrected chi connectivity index (χ2v) is 10.5. The summed E-state index contributed by atoms with van der Waals surface area (Å²) >= 11 is 0. The van der Waals surface area contributed by atoms with E-state index in [2.05, 4.69) is 9.88 Å². The molecule has 0 saturated carbocycles. The van der Waals surface area contributed by atoms with Gasteiger partial charge in [-0.15, -0.1) is 0 Å². The smallest absolute Gasteiger partial charge is 0.331 e. The van der Waals surface area contributed by atoms with Crippen molar-refractivity contribution in [2.45, 2.75) is 31.7 Å². The predicted octanol–water partition coefficient (Wildman–Crippen LogP) is 1.44. The number of hydrogen-bond acceptors (Lipinski definition) is 6. The van der Waals surface area contributed by atoms with Gasteiger partial charge in [-0.1, -0.05) is 6.92 Å². The first kappa shape index (κ1) is 24.2. The van der Waals surface area contributed by atoms with Crippen molar-refractivity contribution in [1.82, 2.24) is 23.3 Å². The molecule has 0 unspecified atom stereocenters. The van der Waals surface area contributed by atoms with Crippen molar-refractivity contribution in [3.8, 4) is 17.0 Å². The molecule has 3 heterocycles. The maximum absolute atomic E-state index is 13.4. The fourth-order valence-corrected chi connectivity index (χ4v) is 5.73. The summed E-state index contributed by atoms with van der Waals surface area (Å²) in [6.07, 6.45) is 0.719. The molecule has 0 amide bonds. The van der Waals surface area contributed by atoms with Crippen LogP contribution in [-0.2, 0) is 23.6 Å². The van der Waals surface area contributed by atoms with Crippen LogP contribution in [-0.4, -0.2) is 71.6 Å². The van der Waals surface area contributed by atoms with Gasteiger partial charge in [-0.3, -0.25) is 13.9 Å². The zero-order chi connectivity index (χ0) is 24.6. The van der Waals surface area contributed by atoms with Gasteiger partial charge < -0.3 is 14.6 Å². The lowest BCUT2D eigenvalue weighted by atomic mass is 10.1. The number of nitrogens with zero attached hydrogens (tertiary/aromatic N) is 4. The number of sulfonamides is 1. The minimum atomic E-state index is -3.70. The molecular formula is C23H31N5O5S. The van der Waals surface area contributed by atoms with Gasteiger partial charge in [-0.05, 0) is 44.7 Å². The highest BCUT2D eigenvalue weighted by atomic mass is 32.2. The Labute approximate surface area is 198 Å². The summed E-state index contributed by atoms with van der Waals surface area (Å²) < 4.78 is 36.6. The molecule has 1 fully saturated rings. The van der Waals surface area contributed by atoms with E-state index in [1.807, 2.05) is 20.9 Å². The van der Waals surface area contributed by atoms with Gasteiger partial charge in [0.1, 0.15) is 11.3 Å². The molecule has 0 aliphatic carbocycles. The van der Waals surface area contributed by atoms with Crippen molar-refractivity contribution in [3.63, 3.8) is 0 Å². The van der Waals surface area contributed by atoms with Crippen LogP contribution in [0.15, 0.2) is 38.8 Å². The maximum atomic E-state index is 13.4. The second kappa shape index (κ2) is 9.40. The molecule has 10 nitrogen and oxygen atoms in total. The average molecular weight is 490 g/mol. The summed E-state index contributed by atoms with van der Waals surface area (Å²) in [5.41, 5.74) is 0.992. The van der Waals surface area contributed by atoms with Gasteiger partial charge in [-0.2, -0.15) is 4.31 Å². The molecule has 184 valence electrons. The van der Waals surface area contributed by atoms with Gasteiger partial charge in [0.25, 0.3) is 5.56 Å². The fraction of sp³-hybridized carbons (Fsp3) is 0.478. The first-order valence-electron chi connectivity index (χ1n) is 11.5. The molecule has 1 aromatic carbocycles. The molecule has 1 aliphatic rings. The van der Waals surface area contributed by atoms with E-state index in [1.54, 1.807) is 28.8 Å². The van der Waals surface area contributed by atoms with Gasteiger partial charge in [-0.25, -0.2) is 13.2 Å². The number of piperazine rings is 1. The van der Waals surface area contributed by atoms with Gasteiger partial charge in [0.05, 0.1) is 22.7 Å². The quantitative estimate of drug-likeness (QED) is 0.538. The Morgan fingerprint density at radius 1 is 1.03 bits per heavy atom. The van der Waals surface area contributed by atoms with Gasteiger partial charge >= 0.3 is 5.69 Å². The number of aromatic nitrogens is 3. The highest BCUT2D eigenvalue weighted by Crippen LogP contribution is 2.34. The first-order valence-corrected chi connectivity index (χ1v) is 12.9. The Bertz CT molecular complexity index is 1430. The zero-order valence-electron chi connectivity index (χ0n) is 20.0. The second-order valence-electron chi connectivity index (χ2n) is 8.54. The van der Waals surface area contributed by atoms with Gasteiger partial charge in [0.15, 0.2) is 0 Å². The summed E-state index contributed by atoms with van der Waals surface area (Å²) in [6.45, 7) is 6.83. The summed E-state index contributed by atoms with van der Waals surface area (Å²) in [4.78, 5) is 30.9. The number of aryl methyl sites for hydroxylation is 1. The Morgan fingerprint density at radius 3 is 2.38 bits per heavy atom. The van der Waals surface area contributed by atoms with Crippen LogP contribution in [0, 0.1) is 0 Å². The summed E-state index contributed by atoms with van der Waals surface area (Å²) in [5, 5.41) is 0. The van der Waals surface area contributed by atoms with E-state index in [-0.39, 0.29) is 10.6 Å². The highest BCUT2D eigenvalue weighted by molar-refractivity contribution is 7.89. The molecule has 0 bridgehead atoms. The minimum absolute atomic E-state index is 0.160. The molecular weight excluding hydrogens is 458 g/mol. The molecule has 34 heavy (non-hydrogen) atoms. The lowest BCUT2D eigenvalue weighted by Gasteiger charge is -2.31. The van der Waals surface area contributed by atoms with Crippen LogP contribution in [0.4, 0.5) is 0 Å². The third-order valence-corrected chi connectivity index (χ3v) is 8.11. The zero-order valence-corrected chi connectivity index (χ0v) is 20.8. The number of benzene rings is 1. The summed E-state index contributed by atoms with van der Waals surface area (Å²) in [5.74, 6) is 0.493. The molecule has 0 atom stereocenters. The van der Waals surface area contributed by atoms with Crippen LogP contribution >= 0.6 is 0 Å². The molecule has 4 rings (SSSR count). The number of hydrogen-bond donors (Lipinski definition) is 1. The van der Waals surface area contributed by atoms with E-state index in [4.69, 9.17) is 4.74 Å². The summed E-state index contributed by atoms with van der Waals surface area (Å²) in [6, 6.07) is 6.50. The maximum Gasteiger partial charge on any atom is 0.331 e. The van der Waals surface area contributed by atoms with Crippen LogP contribution in [0.3, 0.4) is 0 Å². The van der Waals surface area contributed by atoms with E-state index in [0.717, 1.165) is 11.0 Å². The van der Waals surface area contributed by atoms with E-state index in [1.165, 1.54) is 11.4 Å². The Morgan fingerprint density at radius 2 is 1.74 bits per heavy atom. The highest BCUT2D eigenvalue weighted by Gasteiger charge is 2.28. The van der Waals surface area contributed by atoms with Crippen molar-refractivity contribution in [2.75, 3.05) is 39.8 Å². The number of H-pyrrole nitrogens is 1. The molecule has 0 spiro atoms. The number of rotatable bonds is 7. The molecule has 1 aliphatic heterocycles. The van der Waals surface area contributed by atoms with Crippen molar-refractivity contribution < 1.29 is 13.2 Å². The predicted molar refractivity (Wildman–Crippen MR) is 131 cm³/mol. The lowest BCUT2D eigenvalue weighted by Crippen LogP contribution is -2.47. The molecule has 11 heteroatoms. The Balaban J connectivity index is 1.88. The van der Waals surface area contributed by atoms with E-state index < -0.39 is 15.6 Å². The monoisotopic (exact) mass is 489 g/mol. The molecule has 2 aromatic heterocycles. The largest absolute Gasteiger partial charge is 0.493 e. The minimum Gasteiger partial charge on any atom is -0.493 e. The van der Waals surface area contributed by atoms with Crippen molar-refractivity contribution >= 4 is 21.1 Å². The first-order chi connectivity index (χ1) is 16.2. The fourth-order valence-electron chi connectivity index (χ4n) is 4.28. The molecule has 1 saturated heterocycles. The number of fused-ring (bicyclic) bond motifs is 1. The van der Waals surface area contributed by atoms with Crippen LogP contribution in [0.25, 0.3) is 22.3 Å². The van der Waals surface area contributed by atoms with Crippen molar-refractivity contribution in [1.29, 1.82) is 0 Å². The number of aromatic amines is 1. The lowest BCUT2D eigenvalue weighted by molar-refractivity contribution is 0.222. The van der Waals surface area contributed by atoms with Crippen LogP contribution < -0.4 is 16.0 Å². The van der Waals surface area contributed by atoms with Crippen molar-refractivity contribution in [3.05, 3.63) is 45.1 Å². The molecule has 3 aromatic rings. The summed E-state index contributed by atoms with van der Waals surface area (Å²) in [7, 11) is -0.280. The van der Waals surface area contributed by atoms with Crippen LogP contribution in [0.1, 0.15) is 20.3 Å². The average Bonchev–Trinajstić information content (AvgIpc) is 3.26. The van der Waals surface area contributed by atoms with Crippen LogP contribution in [0.5, 0.6) is 5.75 Å². The third-order valence-electron chi connectivity index (χ3n) is 6.21. The number of ether oxygens (including phenoxy) is 1. The topological polar surface area (TPSA) is 110 Å². The SMILES string of the molecule is CCCn1c(=O)n(C)c(=O)c2[nH]c(-c3cc(S(=O)(=O)N4CCN(C)CC4)ccc3OCC)cc21. The van der Waals surface area contributed by atoms with E-state index in [9.17, 15) is 18.0 Å². The standard InChI is InChI=1S/C23H31N5O5S/c1-5-9-28-19-15-18(24-21(19)22(29)26(4)23(28)30)17-14-16(7-8-20(17)33-6-2)34(31,32)27-12-10-25(3)11-13-27/h7-8,14-15,24H,5-6,9-13H2,1-4H3.